The highest BCUT2D eigenvalue weighted by molar-refractivity contribution is 5.13. The Morgan fingerprint density at radius 2 is 1.76 bits per heavy atom. The third-order valence-electron chi connectivity index (χ3n) is 4.53. The highest BCUT2D eigenvalue weighted by Crippen LogP contribution is 2.39. The molecule has 2 rings (SSSR count). The molecule has 0 radical (unpaired) electrons. The second kappa shape index (κ2) is 8.55. The first-order chi connectivity index (χ1) is 9.81. The molecule has 21 heavy (non-hydrogen) atoms. The normalized spacial score (nSPS) is 30.9. The number of rotatable bonds is 2. The van der Waals surface area contributed by atoms with Gasteiger partial charge in [0.05, 0.1) is 12.4 Å². The summed E-state index contributed by atoms with van der Waals surface area (Å²) in [5.74, 6) is 2.60. The number of halogens is 2. The van der Waals surface area contributed by atoms with Crippen molar-refractivity contribution in [2.45, 2.75) is 66.0 Å². The van der Waals surface area contributed by atoms with Gasteiger partial charge in [-0.25, -0.2) is 8.78 Å². The molecule has 0 N–H and O–H groups in total. The van der Waals surface area contributed by atoms with Gasteiger partial charge in [0.25, 0.3) is 0 Å². The number of hydrogen-bond donors (Lipinski definition) is 0. The van der Waals surface area contributed by atoms with Crippen molar-refractivity contribution in [3.05, 3.63) is 23.7 Å². The molecular weight excluding hydrogens is 270 g/mol. The van der Waals surface area contributed by atoms with Crippen molar-refractivity contribution in [2.75, 3.05) is 6.61 Å². The van der Waals surface area contributed by atoms with Crippen LogP contribution in [-0.2, 0) is 4.74 Å². The zero-order valence-electron chi connectivity index (χ0n) is 13.9. The Kier molecular flexibility index (Phi) is 7.41. The van der Waals surface area contributed by atoms with E-state index in [4.69, 9.17) is 4.74 Å². The van der Waals surface area contributed by atoms with E-state index in [1.807, 2.05) is 6.92 Å². The summed E-state index contributed by atoms with van der Waals surface area (Å²) in [5.41, 5.74) is 1.13. The van der Waals surface area contributed by atoms with E-state index >= 15 is 0 Å². The number of alkyl halides is 1. The van der Waals surface area contributed by atoms with Crippen LogP contribution < -0.4 is 0 Å². The van der Waals surface area contributed by atoms with E-state index in [0.29, 0.717) is 11.7 Å². The van der Waals surface area contributed by atoms with Crippen molar-refractivity contribution < 1.29 is 13.5 Å². The maximum atomic E-state index is 13.3. The molecule has 1 heterocycles. The highest BCUT2D eigenvalue weighted by Gasteiger charge is 2.31. The first-order valence-electron chi connectivity index (χ1n) is 8.08. The molecule has 122 valence electrons. The Labute approximate surface area is 128 Å². The van der Waals surface area contributed by atoms with Gasteiger partial charge >= 0.3 is 0 Å². The van der Waals surface area contributed by atoms with Crippen molar-refractivity contribution in [3.63, 3.8) is 0 Å². The summed E-state index contributed by atoms with van der Waals surface area (Å²) in [4.78, 5) is 0. The molecule has 1 saturated carbocycles. The van der Waals surface area contributed by atoms with Gasteiger partial charge in [0.1, 0.15) is 5.76 Å². The molecule has 0 bridgehead atoms. The van der Waals surface area contributed by atoms with E-state index in [1.165, 1.54) is 32.6 Å². The van der Waals surface area contributed by atoms with Crippen molar-refractivity contribution in [1.82, 2.24) is 0 Å². The van der Waals surface area contributed by atoms with Crippen LogP contribution in [0.5, 0.6) is 0 Å². The predicted molar refractivity (Wildman–Crippen MR) is 84.4 cm³/mol. The quantitative estimate of drug-likeness (QED) is 0.610. The van der Waals surface area contributed by atoms with Crippen molar-refractivity contribution in [2.24, 2.45) is 17.8 Å². The van der Waals surface area contributed by atoms with Gasteiger partial charge in [-0.15, -0.1) is 0 Å². The SMILES string of the molecule is C=C(C)F.CC1=C(C(C)F)OCC(C2CCC(C)CC2)C1. The van der Waals surface area contributed by atoms with E-state index in [2.05, 4.69) is 13.5 Å². The van der Waals surface area contributed by atoms with E-state index in [1.54, 1.807) is 6.92 Å². The second-order valence-corrected chi connectivity index (χ2v) is 6.73. The molecular formula is C18H30F2O. The van der Waals surface area contributed by atoms with Gasteiger partial charge in [-0.1, -0.05) is 26.3 Å². The second-order valence-electron chi connectivity index (χ2n) is 6.73. The fourth-order valence-electron chi connectivity index (χ4n) is 3.39. The smallest absolute Gasteiger partial charge is 0.154 e. The van der Waals surface area contributed by atoms with Crippen LogP contribution in [0.25, 0.3) is 0 Å². The number of allylic oxidation sites excluding steroid dienone is 3. The lowest BCUT2D eigenvalue weighted by atomic mass is 9.74. The maximum Gasteiger partial charge on any atom is 0.154 e. The van der Waals surface area contributed by atoms with Crippen LogP contribution in [0.2, 0.25) is 0 Å². The molecule has 2 aliphatic rings. The molecule has 0 aromatic heterocycles. The predicted octanol–water partition coefficient (Wildman–Crippen LogP) is 5.97. The zero-order chi connectivity index (χ0) is 16.0. The van der Waals surface area contributed by atoms with Gasteiger partial charge in [0, 0.05) is 0 Å². The molecule has 0 amide bonds. The maximum absolute atomic E-state index is 13.3. The van der Waals surface area contributed by atoms with E-state index in [-0.39, 0.29) is 5.83 Å². The summed E-state index contributed by atoms with van der Waals surface area (Å²) in [6.07, 6.45) is 5.49. The molecule has 0 aromatic carbocycles. The van der Waals surface area contributed by atoms with Crippen LogP contribution in [-0.4, -0.2) is 12.8 Å². The van der Waals surface area contributed by atoms with Crippen LogP contribution >= 0.6 is 0 Å². The molecule has 3 heteroatoms. The molecule has 0 aromatic rings. The average molecular weight is 300 g/mol. The van der Waals surface area contributed by atoms with Crippen LogP contribution in [0, 0.1) is 17.8 Å². The van der Waals surface area contributed by atoms with E-state index in [0.717, 1.165) is 30.4 Å². The summed E-state index contributed by atoms with van der Waals surface area (Å²) in [6, 6.07) is 0. The number of ether oxygens (including phenoxy) is 1. The van der Waals surface area contributed by atoms with Crippen molar-refractivity contribution in [1.29, 1.82) is 0 Å². The summed E-state index contributed by atoms with van der Waals surface area (Å²) >= 11 is 0. The van der Waals surface area contributed by atoms with Gasteiger partial charge in [-0.2, -0.15) is 0 Å². The lowest BCUT2D eigenvalue weighted by Gasteiger charge is -2.36. The third-order valence-corrected chi connectivity index (χ3v) is 4.53. The molecule has 1 fully saturated rings. The van der Waals surface area contributed by atoms with E-state index in [9.17, 15) is 8.78 Å². The minimum atomic E-state index is -0.942. The van der Waals surface area contributed by atoms with Crippen LogP contribution in [0.3, 0.4) is 0 Å². The summed E-state index contributed by atoms with van der Waals surface area (Å²) in [5, 5.41) is 0. The molecule has 0 spiro atoms. The Balaban J connectivity index is 0.000000491. The molecule has 2 unspecified atom stereocenters. The summed E-state index contributed by atoms with van der Waals surface area (Å²) in [7, 11) is 0. The Hall–Kier alpha value is -0.860. The van der Waals surface area contributed by atoms with Crippen LogP contribution in [0.15, 0.2) is 23.7 Å². The zero-order valence-corrected chi connectivity index (χ0v) is 13.9. The van der Waals surface area contributed by atoms with Gasteiger partial charge in [0.2, 0.25) is 0 Å². The van der Waals surface area contributed by atoms with Crippen LogP contribution in [0.4, 0.5) is 8.78 Å². The van der Waals surface area contributed by atoms with Crippen molar-refractivity contribution in [3.8, 4) is 0 Å². The van der Waals surface area contributed by atoms with Gasteiger partial charge < -0.3 is 4.74 Å². The van der Waals surface area contributed by atoms with Gasteiger partial charge in [-0.3, -0.25) is 0 Å². The Morgan fingerprint density at radius 3 is 2.19 bits per heavy atom. The number of hydrogen-bond acceptors (Lipinski definition) is 1. The lowest BCUT2D eigenvalue weighted by molar-refractivity contribution is 0.0644. The first-order valence-corrected chi connectivity index (χ1v) is 8.08. The molecule has 0 saturated heterocycles. The van der Waals surface area contributed by atoms with Crippen molar-refractivity contribution >= 4 is 0 Å². The lowest BCUT2D eigenvalue weighted by Crippen LogP contribution is -2.29. The van der Waals surface area contributed by atoms with E-state index < -0.39 is 6.17 Å². The monoisotopic (exact) mass is 300 g/mol. The van der Waals surface area contributed by atoms with Gasteiger partial charge in [-0.05, 0) is 63.4 Å². The molecule has 1 nitrogen and oxygen atoms in total. The average Bonchev–Trinajstić information content (AvgIpc) is 2.38. The molecule has 1 aliphatic carbocycles. The third kappa shape index (κ3) is 6.19. The minimum Gasteiger partial charge on any atom is -0.495 e. The fourth-order valence-corrected chi connectivity index (χ4v) is 3.39. The first kappa shape index (κ1) is 18.2. The Morgan fingerprint density at radius 1 is 1.24 bits per heavy atom. The van der Waals surface area contributed by atoms with Gasteiger partial charge in [0.15, 0.2) is 6.17 Å². The minimum absolute atomic E-state index is 0.333. The standard InChI is InChI=1S/C15H25FO.C3H5F/c1-10-4-6-13(7-5-10)14-8-11(2)15(12(3)16)17-9-14;1-3(2)4/h10,12-14H,4-9H2,1-3H3;1H2,2H3. The highest BCUT2D eigenvalue weighted by atomic mass is 19.1. The molecule has 1 aliphatic heterocycles. The molecule has 2 atom stereocenters. The topological polar surface area (TPSA) is 9.23 Å². The summed E-state index contributed by atoms with van der Waals surface area (Å²) in [6.45, 7) is 10.9. The Bertz CT molecular complexity index is 361. The summed E-state index contributed by atoms with van der Waals surface area (Å²) < 4.78 is 29.7. The van der Waals surface area contributed by atoms with Crippen LogP contribution in [0.1, 0.15) is 59.8 Å². The largest absolute Gasteiger partial charge is 0.495 e. The fraction of sp³-hybridized carbons (Fsp3) is 0.778.